The molecule has 104 valence electrons. The van der Waals surface area contributed by atoms with Crippen molar-refractivity contribution in [2.45, 2.75) is 32.7 Å². The first kappa shape index (κ1) is 13.4. The topological polar surface area (TPSA) is 31.4 Å². The number of ether oxygens (including phenoxy) is 2. The van der Waals surface area contributed by atoms with E-state index in [2.05, 4.69) is 4.98 Å². The van der Waals surface area contributed by atoms with Crippen LogP contribution in [0.3, 0.4) is 0 Å². The van der Waals surface area contributed by atoms with Crippen LogP contribution in [0.5, 0.6) is 5.75 Å². The van der Waals surface area contributed by atoms with Crippen LogP contribution < -0.4 is 4.74 Å². The molecule has 2 heterocycles. The molecule has 1 aromatic carbocycles. The van der Waals surface area contributed by atoms with Gasteiger partial charge in [0.1, 0.15) is 17.0 Å². The highest BCUT2D eigenvalue weighted by Gasteiger charge is 2.35. The Balaban J connectivity index is 2.10. The first-order valence-electron chi connectivity index (χ1n) is 6.54. The van der Waals surface area contributed by atoms with Gasteiger partial charge in [0.15, 0.2) is 0 Å². The van der Waals surface area contributed by atoms with Crippen LogP contribution in [0.2, 0.25) is 5.15 Å². The summed E-state index contributed by atoms with van der Waals surface area (Å²) < 4.78 is 11.9. The minimum absolute atomic E-state index is 0.196. The Hall–Kier alpha value is -1.58. The zero-order chi connectivity index (χ0) is 14.3. The van der Waals surface area contributed by atoms with Crippen molar-refractivity contribution in [2.75, 3.05) is 0 Å². The molecule has 0 aliphatic carbocycles. The van der Waals surface area contributed by atoms with Gasteiger partial charge in [-0.3, -0.25) is 0 Å². The normalized spacial score (nSPS) is 20.1. The summed E-state index contributed by atoms with van der Waals surface area (Å²) in [5.74, 6) is 0.174. The van der Waals surface area contributed by atoms with Crippen LogP contribution in [-0.4, -0.2) is 10.8 Å². The van der Waals surface area contributed by atoms with E-state index in [9.17, 15) is 0 Å². The van der Waals surface area contributed by atoms with Gasteiger partial charge in [0.2, 0.25) is 5.79 Å². The van der Waals surface area contributed by atoms with Crippen LogP contribution in [0.25, 0.3) is 0 Å². The number of nitrogens with zero attached hydrogens (tertiary/aromatic N) is 1. The average Bonchev–Trinajstić information content (AvgIpc) is 2.40. The zero-order valence-corrected chi connectivity index (χ0v) is 12.4. The van der Waals surface area contributed by atoms with Crippen LogP contribution in [0.4, 0.5) is 0 Å². The third-order valence-corrected chi connectivity index (χ3v) is 3.69. The van der Waals surface area contributed by atoms with Gasteiger partial charge in [-0.25, -0.2) is 4.98 Å². The molecule has 0 N–H and O–H groups in total. The Morgan fingerprint density at radius 2 is 2.00 bits per heavy atom. The number of aromatic nitrogens is 1. The van der Waals surface area contributed by atoms with Crippen molar-refractivity contribution in [2.24, 2.45) is 0 Å². The van der Waals surface area contributed by atoms with Crippen LogP contribution >= 0.6 is 11.6 Å². The van der Waals surface area contributed by atoms with Gasteiger partial charge < -0.3 is 9.47 Å². The van der Waals surface area contributed by atoms with Gasteiger partial charge in [0, 0.05) is 31.2 Å². The number of benzene rings is 1. The first-order chi connectivity index (χ1) is 9.46. The van der Waals surface area contributed by atoms with Crippen molar-refractivity contribution in [1.29, 1.82) is 0 Å². The minimum atomic E-state index is -0.674. The van der Waals surface area contributed by atoms with Crippen molar-refractivity contribution < 1.29 is 9.47 Å². The molecule has 1 aliphatic rings. The fraction of sp³-hybridized carbons (Fsp3) is 0.312. The van der Waals surface area contributed by atoms with Gasteiger partial charge in [-0.15, -0.1) is 0 Å². The van der Waals surface area contributed by atoms with E-state index in [1.165, 1.54) is 0 Å². The molecule has 1 aliphatic heterocycles. The maximum Gasteiger partial charge on any atom is 0.205 e. The van der Waals surface area contributed by atoms with Crippen LogP contribution in [0.15, 0.2) is 36.5 Å². The Morgan fingerprint density at radius 1 is 1.25 bits per heavy atom. The molecule has 1 unspecified atom stereocenters. The summed E-state index contributed by atoms with van der Waals surface area (Å²) in [6.45, 7) is 5.76. The fourth-order valence-corrected chi connectivity index (χ4v) is 2.50. The van der Waals surface area contributed by atoms with Crippen LogP contribution in [0, 0.1) is 6.92 Å². The van der Waals surface area contributed by atoms with E-state index in [-0.39, 0.29) is 6.10 Å². The monoisotopic (exact) mass is 289 g/mol. The number of halogens is 1. The van der Waals surface area contributed by atoms with Gasteiger partial charge in [0.25, 0.3) is 0 Å². The molecule has 1 aromatic heterocycles. The number of fused-ring (bicyclic) bond motifs is 1. The summed E-state index contributed by atoms with van der Waals surface area (Å²) in [6.07, 6.45) is 1.57. The van der Waals surface area contributed by atoms with Crippen molar-refractivity contribution in [1.82, 2.24) is 4.98 Å². The zero-order valence-electron chi connectivity index (χ0n) is 11.7. The summed E-state index contributed by atoms with van der Waals surface area (Å²) in [5, 5.41) is 0.522. The standard InChI is InChI=1S/C16H16ClNO2/c1-10-8-11(9-18-15(10)17)14-12-6-4-5-7-13(12)19-16(2,3)20-14/h4-9,14H,1-3H3. The predicted octanol–water partition coefficient (Wildman–Crippen LogP) is 4.28. The first-order valence-corrected chi connectivity index (χ1v) is 6.92. The summed E-state index contributed by atoms with van der Waals surface area (Å²) in [4.78, 5) is 4.22. The maximum absolute atomic E-state index is 6.08. The summed E-state index contributed by atoms with van der Waals surface area (Å²) >= 11 is 6.00. The van der Waals surface area contributed by atoms with Gasteiger partial charge in [-0.1, -0.05) is 29.8 Å². The minimum Gasteiger partial charge on any atom is -0.463 e. The second kappa shape index (κ2) is 4.76. The molecule has 0 radical (unpaired) electrons. The smallest absolute Gasteiger partial charge is 0.205 e. The molecule has 0 spiro atoms. The Morgan fingerprint density at radius 3 is 2.75 bits per heavy atom. The van der Waals surface area contributed by atoms with E-state index in [1.807, 2.05) is 51.1 Å². The molecule has 0 bridgehead atoms. The largest absolute Gasteiger partial charge is 0.463 e. The highest BCUT2D eigenvalue weighted by molar-refractivity contribution is 6.30. The molecule has 20 heavy (non-hydrogen) atoms. The molecule has 0 saturated heterocycles. The van der Waals surface area contributed by atoms with Crippen molar-refractivity contribution >= 4 is 11.6 Å². The van der Waals surface area contributed by atoms with Gasteiger partial charge in [-0.2, -0.15) is 0 Å². The summed E-state index contributed by atoms with van der Waals surface area (Å²) in [7, 11) is 0. The lowest BCUT2D eigenvalue weighted by Crippen LogP contribution is -2.38. The molecular formula is C16H16ClNO2. The number of hydrogen-bond acceptors (Lipinski definition) is 3. The molecule has 0 amide bonds. The van der Waals surface area contributed by atoms with Crippen LogP contribution in [0.1, 0.15) is 36.6 Å². The summed E-state index contributed by atoms with van der Waals surface area (Å²) in [6, 6.07) is 9.93. The third-order valence-electron chi connectivity index (χ3n) is 3.30. The van der Waals surface area contributed by atoms with Gasteiger partial charge in [-0.05, 0) is 24.6 Å². The highest BCUT2D eigenvalue weighted by Crippen LogP contribution is 2.41. The number of pyridine rings is 1. The molecule has 4 heteroatoms. The van der Waals surface area contributed by atoms with E-state index >= 15 is 0 Å². The average molecular weight is 290 g/mol. The molecule has 0 fully saturated rings. The van der Waals surface area contributed by atoms with E-state index in [0.717, 1.165) is 22.4 Å². The lowest BCUT2D eigenvalue weighted by atomic mass is 9.99. The predicted molar refractivity (Wildman–Crippen MR) is 78.1 cm³/mol. The second-order valence-electron chi connectivity index (χ2n) is 5.41. The Bertz CT molecular complexity index is 655. The fourth-order valence-electron chi connectivity index (χ4n) is 2.40. The Labute approximate surface area is 123 Å². The molecule has 2 aromatic rings. The van der Waals surface area contributed by atoms with Crippen molar-refractivity contribution in [3.63, 3.8) is 0 Å². The molecule has 0 saturated carbocycles. The quantitative estimate of drug-likeness (QED) is 0.734. The van der Waals surface area contributed by atoms with E-state index in [1.54, 1.807) is 6.20 Å². The second-order valence-corrected chi connectivity index (χ2v) is 5.77. The number of para-hydroxylation sites is 1. The molecule has 3 rings (SSSR count). The van der Waals surface area contributed by atoms with E-state index in [0.29, 0.717) is 5.15 Å². The van der Waals surface area contributed by atoms with Gasteiger partial charge >= 0.3 is 0 Å². The Kier molecular flexibility index (Phi) is 3.19. The van der Waals surface area contributed by atoms with E-state index in [4.69, 9.17) is 21.1 Å². The highest BCUT2D eigenvalue weighted by atomic mass is 35.5. The molecule has 3 nitrogen and oxygen atoms in total. The number of rotatable bonds is 1. The SMILES string of the molecule is Cc1cc(C2OC(C)(C)Oc3ccccc32)cnc1Cl. The third kappa shape index (κ3) is 2.39. The lowest BCUT2D eigenvalue weighted by Gasteiger charge is -2.38. The lowest BCUT2D eigenvalue weighted by molar-refractivity contribution is -0.196. The van der Waals surface area contributed by atoms with Crippen molar-refractivity contribution in [3.05, 3.63) is 58.4 Å². The number of hydrogen-bond donors (Lipinski definition) is 0. The number of aryl methyl sites for hydroxylation is 1. The van der Waals surface area contributed by atoms with E-state index < -0.39 is 5.79 Å². The summed E-state index contributed by atoms with van der Waals surface area (Å²) in [5.41, 5.74) is 2.93. The maximum atomic E-state index is 6.08. The van der Waals surface area contributed by atoms with Crippen molar-refractivity contribution in [3.8, 4) is 5.75 Å². The van der Waals surface area contributed by atoms with Crippen LogP contribution in [-0.2, 0) is 4.74 Å². The van der Waals surface area contributed by atoms with Gasteiger partial charge in [0.05, 0.1) is 0 Å². The molecular weight excluding hydrogens is 274 g/mol. The molecule has 1 atom stereocenters.